The highest BCUT2D eigenvalue weighted by molar-refractivity contribution is 7.89. The Morgan fingerprint density at radius 2 is 2.00 bits per heavy atom. The van der Waals surface area contributed by atoms with Crippen molar-refractivity contribution >= 4 is 27.3 Å². The SMILES string of the molecule is CCC(C)C(C)NS(=O)(=O)c1cc(Cl)cc(N)c1F. The number of sulfonamides is 1. The summed E-state index contributed by atoms with van der Waals surface area (Å²) in [6.07, 6.45) is 0.809. The Kier molecular flexibility index (Phi) is 5.18. The number of nitrogen functional groups attached to an aromatic ring is 1. The fourth-order valence-electron chi connectivity index (χ4n) is 1.56. The molecule has 0 aliphatic heterocycles. The summed E-state index contributed by atoms with van der Waals surface area (Å²) in [6.45, 7) is 5.60. The van der Waals surface area contributed by atoms with E-state index < -0.39 is 20.7 Å². The summed E-state index contributed by atoms with van der Waals surface area (Å²) in [5.74, 6) is -0.845. The zero-order chi connectivity index (χ0) is 14.8. The Morgan fingerprint density at radius 1 is 1.42 bits per heavy atom. The van der Waals surface area contributed by atoms with Gasteiger partial charge in [0.05, 0.1) is 5.69 Å². The van der Waals surface area contributed by atoms with Crippen molar-refractivity contribution in [1.82, 2.24) is 4.72 Å². The minimum absolute atomic E-state index is 0.0791. The molecule has 0 saturated carbocycles. The summed E-state index contributed by atoms with van der Waals surface area (Å²) >= 11 is 5.72. The quantitative estimate of drug-likeness (QED) is 0.822. The Morgan fingerprint density at radius 3 is 2.53 bits per heavy atom. The van der Waals surface area contributed by atoms with Gasteiger partial charge in [-0.25, -0.2) is 17.5 Å². The molecule has 108 valence electrons. The van der Waals surface area contributed by atoms with E-state index in [0.717, 1.165) is 12.5 Å². The van der Waals surface area contributed by atoms with Gasteiger partial charge in [0.2, 0.25) is 10.0 Å². The van der Waals surface area contributed by atoms with Gasteiger partial charge in [0.15, 0.2) is 5.82 Å². The second kappa shape index (κ2) is 6.07. The second-order valence-corrected chi connectivity index (χ2v) is 6.72. The first-order chi connectivity index (χ1) is 8.69. The second-order valence-electron chi connectivity index (χ2n) is 4.60. The lowest BCUT2D eigenvalue weighted by Gasteiger charge is -2.20. The minimum Gasteiger partial charge on any atom is -0.396 e. The lowest BCUT2D eigenvalue weighted by Crippen LogP contribution is -2.37. The van der Waals surface area contributed by atoms with Crippen molar-refractivity contribution in [1.29, 1.82) is 0 Å². The van der Waals surface area contributed by atoms with Crippen LogP contribution in [0.15, 0.2) is 17.0 Å². The molecule has 0 aromatic heterocycles. The van der Waals surface area contributed by atoms with Gasteiger partial charge >= 0.3 is 0 Å². The highest BCUT2D eigenvalue weighted by Crippen LogP contribution is 2.25. The molecule has 0 fully saturated rings. The number of halogens is 2. The molecule has 2 unspecified atom stereocenters. The third-order valence-electron chi connectivity index (χ3n) is 3.16. The van der Waals surface area contributed by atoms with Crippen LogP contribution in [0.3, 0.4) is 0 Å². The molecule has 0 heterocycles. The standard InChI is InChI=1S/C12H18ClFN2O2S/c1-4-7(2)8(3)16-19(17,18)11-6-9(13)5-10(15)12(11)14/h5-8,16H,4,15H2,1-3H3. The fraction of sp³-hybridized carbons (Fsp3) is 0.500. The summed E-state index contributed by atoms with van der Waals surface area (Å²) in [5, 5.41) is 0.0791. The molecular weight excluding hydrogens is 291 g/mol. The van der Waals surface area contributed by atoms with Crippen LogP contribution in [0.5, 0.6) is 0 Å². The third-order valence-corrected chi connectivity index (χ3v) is 4.94. The van der Waals surface area contributed by atoms with E-state index in [9.17, 15) is 12.8 Å². The van der Waals surface area contributed by atoms with Crippen LogP contribution in [-0.2, 0) is 10.0 Å². The van der Waals surface area contributed by atoms with Crippen LogP contribution in [0.25, 0.3) is 0 Å². The van der Waals surface area contributed by atoms with Crippen LogP contribution in [0, 0.1) is 11.7 Å². The Balaban J connectivity index is 3.14. The summed E-state index contributed by atoms with van der Waals surface area (Å²) in [7, 11) is -3.98. The Hall–Kier alpha value is -0.850. The topological polar surface area (TPSA) is 72.2 Å². The van der Waals surface area contributed by atoms with Crippen LogP contribution >= 0.6 is 11.6 Å². The van der Waals surface area contributed by atoms with Crippen molar-refractivity contribution in [3.63, 3.8) is 0 Å². The zero-order valence-corrected chi connectivity index (χ0v) is 12.6. The summed E-state index contributed by atoms with van der Waals surface area (Å²) in [5.41, 5.74) is 5.10. The molecule has 3 N–H and O–H groups in total. The van der Waals surface area contributed by atoms with Gasteiger partial charge in [-0.05, 0) is 25.0 Å². The maximum Gasteiger partial charge on any atom is 0.243 e. The number of benzene rings is 1. The Bertz CT molecular complexity index is 563. The molecule has 2 atom stereocenters. The first-order valence-corrected chi connectivity index (χ1v) is 7.82. The first-order valence-electron chi connectivity index (χ1n) is 5.95. The molecule has 1 aromatic carbocycles. The monoisotopic (exact) mass is 308 g/mol. The predicted molar refractivity (Wildman–Crippen MR) is 75.1 cm³/mol. The molecule has 0 amide bonds. The van der Waals surface area contributed by atoms with E-state index in [1.54, 1.807) is 6.92 Å². The largest absolute Gasteiger partial charge is 0.396 e. The highest BCUT2D eigenvalue weighted by atomic mass is 35.5. The molecule has 0 saturated heterocycles. The van der Waals surface area contributed by atoms with E-state index in [4.69, 9.17) is 17.3 Å². The molecular formula is C12H18ClFN2O2S. The van der Waals surface area contributed by atoms with E-state index in [2.05, 4.69) is 4.72 Å². The van der Waals surface area contributed by atoms with Crippen molar-refractivity contribution in [2.45, 2.75) is 38.1 Å². The summed E-state index contributed by atoms with van der Waals surface area (Å²) < 4.78 is 40.5. The van der Waals surface area contributed by atoms with Crippen LogP contribution in [0.4, 0.5) is 10.1 Å². The number of anilines is 1. The van der Waals surface area contributed by atoms with Crippen LogP contribution in [-0.4, -0.2) is 14.5 Å². The van der Waals surface area contributed by atoms with Gasteiger partial charge in [-0.1, -0.05) is 31.9 Å². The molecule has 1 aromatic rings. The lowest BCUT2D eigenvalue weighted by atomic mass is 10.0. The lowest BCUT2D eigenvalue weighted by molar-refractivity contribution is 0.432. The van der Waals surface area contributed by atoms with Gasteiger partial charge in [0.25, 0.3) is 0 Å². The molecule has 19 heavy (non-hydrogen) atoms. The van der Waals surface area contributed by atoms with Gasteiger partial charge in [0, 0.05) is 11.1 Å². The van der Waals surface area contributed by atoms with E-state index in [1.165, 1.54) is 6.07 Å². The molecule has 4 nitrogen and oxygen atoms in total. The van der Waals surface area contributed by atoms with Crippen molar-refractivity contribution in [2.75, 3.05) is 5.73 Å². The van der Waals surface area contributed by atoms with Gasteiger partial charge in [-0.2, -0.15) is 0 Å². The van der Waals surface area contributed by atoms with E-state index in [0.29, 0.717) is 0 Å². The van der Waals surface area contributed by atoms with E-state index in [-0.39, 0.29) is 22.7 Å². The Labute approximate surface area is 118 Å². The van der Waals surface area contributed by atoms with Crippen molar-refractivity contribution < 1.29 is 12.8 Å². The molecule has 0 aliphatic carbocycles. The van der Waals surface area contributed by atoms with Gasteiger partial charge < -0.3 is 5.73 Å². The predicted octanol–water partition coefficient (Wildman–Crippen LogP) is 2.77. The van der Waals surface area contributed by atoms with Crippen LogP contribution < -0.4 is 10.5 Å². The number of hydrogen-bond acceptors (Lipinski definition) is 3. The van der Waals surface area contributed by atoms with Crippen molar-refractivity contribution in [2.24, 2.45) is 5.92 Å². The van der Waals surface area contributed by atoms with Crippen molar-refractivity contribution in [3.8, 4) is 0 Å². The molecule has 0 spiro atoms. The maximum atomic E-state index is 13.8. The average molecular weight is 309 g/mol. The first kappa shape index (κ1) is 16.2. The number of rotatable bonds is 5. The summed E-state index contributed by atoms with van der Waals surface area (Å²) in [6, 6.07) is 1.92. The molecule has 1 rings (SSSR count). The van der Waals surface area contributed by atoms with Crippen LogP contribution in [0.2, 0.25) is 5.02 Å². The normalized spacial score (nSPS) is 15.2. The van der Waals surface area contributed by atoms with E-state index >= 15 is 0 Å². The maximum absolute atomic E-state index is 13.8. The zero-order valence-electron chi connectivity index (χ0n) is 11.1. The molecule has 0 bridgehead atoms. The number of hydrogen-bond donors (Lipinski definition) is 2. The summed E-state index contributed by atoms with van der Waals surface area (Å²) in [4.78, 5) is -0.521. The van der Waals surface area contributed by atoms with E-state index in [1.807, 2.05) is 13.8 Å². The molecule has 7 heteroatoms. The third kappa shape index (κ3) is 3.81. The number of nitrogens with one attached hydrogen (secondary N) is 1. The number of nitrogens with two attached hydrogens (primary N) is 1. The minimum atomic E-state index is -3.98. The van der Waals surface area contributed by atoms with Gasteiger partial charge in [-0.3, -0.25) is 0 Å². The van der Waals surface area contributed by atoms with Crippen molar-refractivity contribution in [3.05, 3.63) is 23.0 Å². The van der Waals surface area contributed by atoms with Crippen LogP contribution in [0.1, 0.15) is 27.2 Å². The average Bonchev–Trinajstić information content (AvgIpc) is 2.31. The molecule has 0 aliphatic rings. The molecule has 0 radical (unpaired) electrons. The smallest absolute Gasteiger partial charge is 0.243 e. The highest BCUT2D eigenvalue weighted by Gasteiger charge is 2.25. The fourth-order valence-corrected chi connectivity index (χ4v) is 3.33. The van der Waals surface area contributed by atoms with Gasteiger partial charge in [0.1, 0.15) is 4.90 Å². The van der Waals surface area contributed by atoms with Gasteiger partial charge in [-0.15, -0.1) is 0 Å².